The van der Waals surface area contributed by atoms with E-state index in [1.54, 1.807) is 22.9 Å². The first-order valence-electron chi connectivity index (χ1n) is 4.93. The van der Waals surface area contributed by atoms with Crippen molar-refractivity contribution < 1.29 is 0 Å². The summed E-state index contributed by atoms with van der Waals surface area (Å²) >= 11 is 17.7. The van der Waals surface area contributed by atoms with E-state index in [1.165, 1.54) is 0 Å². The monoisotopic (exact) mass is 289 g/mol. The second-order valence-corrected chi connectivity index (χ2v) is 4.76. The van der Waals surface area contributed by atoms with Crippen LogP contribution in [0.25, 0.3) is 0 Å². The molecular weight excluding hydrogens is 281 g/mol. The molecule has 6 heteroatoms. The average molecular weight is 291 g/mol. The van der Waals surface area contributed by atoms with Gasteiger partial charge in [-0.1, -0.05) is 34.8 Å². The minimum absolute atomic E-state index is 0.546. The highest BCUT2D eigenvalue weighted by molar-refractivity contribution is 6.36. The molecule has 17 heavy (non-hydrogen) atoms. The highest BCUT2D eigenvalue weighted by Crippen LogP contribution is 2.25. The highest BCUT2D eigenvalue weighted by atomic mass is 35.5. The van der Waals surface area contributed by atoms with Gasteiger partial charge in [-0.15, -0.1) is 0 Å². The lowest BCUT2D eigenvalue weighted by atomic mass is 10.3. The first-order chi connectivity index (χ1) is 8.08. The van der Waals surface area contributed by atoms with Crippen LogP contribution >= 0.6 is 34.8 Å². The maximum atomic E-state index is 6.04. The van der Waals surface area contributed by atoms with Crippen LogP contribution in [0, 0.1) is 0 Å². The zero-order chi connectivity index (χ0) is 12.4. The van der Waals surface area contributed by atoms with E-state index in [0.29, 0.717) is 21.7 Å². The molecule has 1 N–H and O–H groups in total. The Kier molecular flexibility index (Phi) is 3.82. The number of nitrogens with one attached hydrogen (secondary N) is 1. The van der Waals surface area contributed by atoms with E-state index in [4.69, 9.17) is 34.8 Å². The van der Waals surface area contributed by atoms with Crippen LogP contribution in [0.5, 0.6) is 0 Å². The average Bonchev–Trinajstić information content (AvgIpc) is 2.59. The zero-order valence-electron chi connectivity index (χ0n) is 9.04. The molecule has 0 saturated carbocycles. The first-order valence-corrected chi connectivity index (χ1v) is 6.06. The topological polar surface area (TPSA) is 29.9 Å². The third-order valence-corrected chi connectivity index (χ3v) is 3.29. The summed E-state index contributed by atoms with van der Waals surface area (Å²) < 4.78 is 1.80. The highest BCUT2D eigenvalue weighted by Gasteiger charge is 2.05. The lowest BCUT2D eigenvalue weighted by molar-refractivity contribution is 0.813. The summed E-state index contributed by atoms with van der Waals surface area (Å²) in [4.78, 5) is 4.18. The summed E-state index contributed by atoms with van der Waals surface area (Å²) in [5, 5.41) is 4.97. The molecule has 3 nitrogen and oxygen atoms in total. The molecule has 0 spiro atoms. The van der Waals surface area contributed by atoms with Crippen molar-refractivity contribution in [1.29, 1.82) is 0 Å². The van der Waals surface area contributed by atoms with E-state index < -0.39 is 0 Å². The number of halogens is 3. The van der Waals surface area contributed by atoms with Crippen molar-refractivity contribution in [3.05, 3.63) is 45.4 Å². The molecular formula is C11H10Cl3N3. The summed E-state index contributed by atoms with van der Waals surface area (Å²) in [6, 6.07) is 5.30. The van der Waals surface area contributed by atoms with Crippen LogP contribution in [0.3, 0.4) is 0 Å². The van der Waals surface area contributed by atoms with Gasteiger partial charge in [0.1, 0.15) is 11.0 Å². The van der Waals surface area contributed by atoms with Crippen molar-refractivity contribution in [3.8, 4) is 0 Å². The van der Waals surface area contributed by atoms with Crippen LogP contribution in [0.2, 0.25) is 15.2 Å². The van der Waals surface area contributed by atoms with Crippen molar-refractivity contribution in [2.45, 2.75) is 6.54 Å². The lowest BCUT2D eigenvalue weighted by Gasteiger charge is -2.08. The summed E-state index contributed by atoms with van der Waals surface area (Å²) in [7, 11) is 1.86. The van der Waals surface area contributed by atoms with Gasteiger partial charge < -0.3 is 9.88 Å². The Morgan fingerprint density at radius 1 is 1.29 bits per heavy atom. The molecule has 0 bridgehead atoms. The quantitative estimate of drug-likeness (QED) is 0.926. The number of imidazole rings is 1. The van der Waals surface area contributed by atoms with Gasteiger partial charge in [-0.25, -0.2) is 4.98 Å². The first kappa shape index (κ1) is 12.6. The molecule has 2 rings (SSSR count). The van der Waals surface area contributed by atoms with Gasteiger partial charge in [0.25, 0.3) is 0 Å². The Labute approximate surface area is 114 Å². The summed E-state index contributed by atoms with van der Waals surface area (Å²) in [5.41, 5.74) is 0.815. The molecule has 90 valence electrons. The molecule has 0 aliphatic rings. The van der Waals surface area contributed by atoms with Gasteiger partial charge in [0.15, 0.2) is 0 Å². The summed E-state index contributed by atoms with van der Waals surface area (Å²) in [6.07, 6.45) is 1.61. The molecule has 0 radical (unpaired) electrons. The van der Waals surface area contributed by atoms with Gasteiger partial charge in [0, 0.05) is 12.1 Å². The number of nitrogens with zero attached hydrogens (tertiary/aromatic N) is 2. The molecule has 1 aromatic carbocycles. The Hall–Kier alpha value is -0.900. The molecule has 0 fully saturated rings. The normalized spacial score (nSPS) is 10.6. The van der Waals surface area contributed by atoms with Crippen molar-refractivity contribution in [3.63, 3.8) is 0 Å². The Bertz CT molecular complexity index is 537. The zero-order valence-corrected chi connectivity index (χ0v) is 11.3. The molecule has 1 heterocycles. The fourth-order valence-electron chi connectivity index (χ4n) is 1.40. The van der Waals surface area contributed by atoms with E-state index in [9.17, 15) is 0 Å². The smallest absolute Gasteiger partial charge is 0.128 e. The molecule has 0 aliphatic carbocycles. The SMILES string of the molecule is Cn1c(Cl)cnc1CNc1ccc(Cl)cc1Cl. The second-order valence-electron chi connectivity index (χ2n) is 3.53. The van der Waals surface area contributed by atoms with Gasteiger partial charge >= 0.3 is 0 Å². The molecule has 0 saturated heterocycles. The van der Waals surface area contributed by atoms with Crippen molar-refractivity contribution in [2.75, 3.05) is 5.32 Å². The number of anilines is 1. The Morgan fingerprint density at radius 3 is 2.65 bits per heavy atom. The summed E-state index contributed by atoms with van der Waals surface area (Å²) in [5.74, 6) is 0.834. The number of rotatable bonds is 3. The second kappa shape index (κ2) is 5.17. The van der Waals surface area contributed by atoms with Crippen molar-refractivity contribution in [1.82, 2.24) is 9.55 Å². The van der Waals surface area contributed by atoms with E-state index in [1.807, 2.05) is 13.1 Å². The van der Waals surface area contributed by atoms with E-state index in [0.717, 1.165) is 11.5 Å². The maximum absolute atomic E-state index is 6.04. The Balaban J connectivity index is 2.10. The van der Waals surface area contributed by atoms with Gasteiger partial charge in [-0.2, -0.15) is 0 Å². The molecule has 0 unspecified atom stereocenters. The van der Waals surface area contributed by atoms with Crippen LogP contribution < -0.4 is 5.32 Å². The van der Waals surface area contributed by atoms with Crippen molar-refractivity contribution in [2.24, 2.45) is 7.05 Å². The molecule has 0 atom stereocenters. The molecule has 0 aliphatic heterocycles. The van der Waals surface area contributed by atoms with Crippen LogP contribution in [-0.2, 0) is 13.6 Å². The van der Waals surface area contributed by atoms with E-state index in [2.05, 4.69) is 10.3 Å². The van der Waals surface area contributed by atoms with Crippen molar-refractivity contribution >= 4 is 40.5 Å². The van der Waals surface area contributed by atoms with Crippen LogP contribution in [0.15, 0.2) is 24.4 Å². The number of aromatic nitrogens is 2. The van der Waals surface area contributed by atoms with Gasteiger partial charge in [0.05, 0.1) is 23.5 Å². The third kappa shape index (κ3) is 2.86. The predicted octanol–water partition coefficient (Wildman–Crippen LogP) is 3.99. The van der Waals surface area contributed by atoms with Crippen LogP contribution in [0.1, 0.15) is 5.82 Å². The Morgan fingerprint density at radius 2 is 2.06 bits per heavy atom. The number of benzene rings is 1. The fraction of sp³-hybridized carbons (Fsp3) is 0.182. The third-order valence-electron chi connectivity index (χ3n) is 2.40. The molecule has 2 aromatic rings. The minimum atomic E-state index is 0.546. The van der Waals surface area contributed by atoms with E-state index in [-0.39, 0.29) is 0 Å². The fourth-order valence-corrected chi connectivity index (χ4v) is 2.02. The summed E-state index contributed by atoms with van der Waals surface area (Å²) in [6.45, 7) is 0.546. The maximum Gasteiger partial charge on any atom is 0.128 e. The molecule has 1 aromatic heterocycles. The van der Waals surface area contributed by atoms with Crippen LogP contribution in [0.4, 0.5) is 5.69 Å². The van der Waals surface area contributed by atoms with E-state index >= 15 is 0 Å². The lowest BCUT2D eigenvalue weighted by Crippen LogP contribution is -2.06. The largest absolute Gasteiger partial charge is 0.377 e. The predicted molar refractivity (Wildman–Crippen MR) is 72.0 cm³/mol. The van der Waals surface area contributed by atoms with Gasteiger partial charge in [-0.3, -0.25) is 0 Å². The molecule has 0 amide bonds. The number of hydrogen-bond acceptors (Lipinski definition) is 2. The number of hydrogen-bond donors (Lipinski definition) is 1. The minimum Gasteiger partial charge on any atom is -0.377 e. The van der Waals surface area contributed by atoms with Crippen LogP contribution in [-0.4, -0.2) is 9.55 Å². The standard InChI is InChI=1S/C11H10Cl3N3/c1-17-10(14)5-16-11(17)6-15-9-3-2-7(12)4-8(9)13/h2-5,15H,6H2,1H3. The van der Waals surface area contributed by atoms with Gasteiger partial charge in [-0.05, 0) is 18.2 Å². The van der Waals surface area contributed by atoms with Gasteiger partial charge in [0.2, 0.25) is 0 Å².